The fourth-order valence-electron chi connectivity index (χ4n) is 3.60. The average Bonchev–Trinajstić information content (AvgIpc) is 3.57. The lowest BCUT2D eigenvalue weighted by Crippen LogP contribution is -2.02. The third kappa shape index (κ3) is 4.71. The molecule has 1 unspecified atom stereocenters. The van der Waals surface area contributed by atoms with Gasteiger partial charge in [-0.25, -0.2) is 9.37 Å². The number of nitrogens with one attached hydrogen (secondary N) is 1. The van der Waals surface area contributed by atoms with Crippen molar-refractivity contribution < 1.29 is 13.9 Å². The maximum absolute atomic E-state index is 14.4. The molecule has 0 bridgehead atoms. The van der Waals surface area contributed by atoms with Gasteiger partial charge in [0.05, 0.1) is 12.5 Å². The van der Waals surface area contributed by atoms with Gasteiger partial charge in [0.25, 0.3) is 0 Å². The van der Waals surface area contributed by atoms with Gasteiger partial charge in [-0.3, -0.25) is 0 Å². The molecule has 33 heavy (non-hydrogen) atoms. The number of anilines is 1. The Morgan fingerprint density at radius 1 is 0.970 bits per heavy atom. The molecule has 2 heterocycles. The van der Waals surface area contributed by atoms with Crippen molar-refractivity contribution in [2.75, 3.05) is 4.72 Å². The first-order chi connectivity index (χ1) is 16.2. The zero-order valence-corrected chi connectivity index (χ0v) is 18.9. The van der Waals surface area contributed by atoms with Crippen LogP contribution in [0.5, 0.6) is 0 Å². The molecule has 4 nitrogen and oxygen atoms in total. The molecule has 5 rings (SSSR count). The molecule has 0 saturated carbocycles. The lowest BCUT2D eigenvalue weighted by Gasteiger charge is -2.17. The summed E-state index contributed by atoms with van der Waals surface area (Å²) in [4.78, 5) is 5.21. The highest BCUT2D eigenvalue weighted by Gasteiger charge is 2.18. The Bertz CT molecular complexity index is 1340. The van der Waals surface area contributed by atoms with Crippen LogP contribution < -0.4 is 4.72 Å². The third-order valence-corrected chi connectivity index (χ3v) is 6.87. The van der Waals surface area contributed by atoms with Crippen molar-refractivity contribution in [1.29, 1.82) is 0 Å². The van der Waals surface area contributed by atoms with E-state index in [1.54, 1.807) is 30.9 Å². The second kappa shape index (κ2) is 9.62. The second-order valence-corrected chi connectivity index (χ2v) is 9.08. The van der Waals surface area contributed by atoms with Crippen molar-refractivity contribution >= 4 is 28.4 Å². The minimum Gasteiger partial charge on any atom is -0.472 e. The molecule has 3 aromatic carbocycles. The summed E-state index contributed by atoms with van der Waals surface area (Å²) in [6, 6.07) is 21.8. The summed E-state index contributed by atoms with van der Waals surface area (Å²) >= 11 is 3.00. The van der Waals surface area contributed by atoms with E-state index in [-0.39, 0.29) is 5.82 Å². The van der Waals surface area contributed by atoms with E-state index in [0.29, 0.717) is 5.56 Å². The summed E-state index contributed by atoms with van der Waals surface area (Å²) < 4.78 is 22.9. The van der Waals surface area contributed by atoms with Crippen molar-refractivity contribution in [3.8, 4) is 22.3 Å². The van der Waals surface area contributed by atoms with Crippen LogP contribution in [0.4, 0.5) is 9.52 Å². The molecule has 5 aromatic rings. The third-order valence-electron chi connectivity index (χ3n) is 5.25. The van der Waals surface area contributed by atoms with Crippen LogP contribution >= 0.6 is 23.3 Å². The van der Waals surface area contributed by atoms with Gasteiger partial charge in [0, 0.05) is 27.6 Å². The van der Waals surface area contributed by atoms with Crippen molar-refractivity contribution in [2.24, 2.45) is 0 Å². The standard InChI is InChI=1S/C26H19FN2O2S2/c27-24-4-2-1-3-21(24)18-7-10-22(23(15-18)19-11-13-31-16-19)25(30)17-5-8-20(9-6-17)33-29-26-28-12-14-32-26/h1-16,25,30H,(H,28,29). The number of halogens is 1. The SMILES string of the molecule is OC(c1ccc(SNc2nccs2)cc1)c1ccc(-c2ccccc2F)cc1-c1ccoc1. The highest BCUT2D eigenvalue weighted by Crippen LogP contribution is 2.36. The molecule has 0 fully saturated rings. The number of aliphatic hydroxyl groups excluding tert-OH is 1. The minimum absolute atomic E-state index is 0.289. The molecule has 0 aliphatic rings. The summed E-state index contributed by atoms with van der Waals surface area (Å²) in [5, 5.41) is 14.0. The Morgan fingerprint density at radius 3 is 2.55 bits per heavy atom. The summed E-state index contributed by atoms with van der Waals surface area (Å²) in [6.07, 6.45) is 4.11. The number of thiazole rings is 1. The number of hydrogen-bond acceptors (Lipinski definition) is 6. The van der Waals surface area contributed by atoms with Crippen molar-refractivity contribution in [1.82, 2.24) is 4.98 Å². The largest absolute Gasteiger partial charge is 0.472 e. The first-order valence-corrected chi connectivity index (χ1v) is 11.9. The van der Waals surface area contributed by atoms with Crippen molar-refractivity contribution in [2.45, 2.75) is 11.0 Å². The zero-order valence-electron chi connectivity index (χ0n) is 17.3. The summed E-state index contributed by atoms with van der Waals surface area (Å²) in [7, 11) is 0. The molecule has 0 saturated heterocycles. The Morgan fingerprint density at radius 2 is 1.82 bits per heavy atom. The summed E-state index contributed by atoms with van der Waals surface area (Å²) in [6.45, 7) is 0. The van der Waals surface area contributed by atoms with Gasteiger partial charge in [-0.05, 0) is 64.5 Å². The number of aromatic nitrogens is 1. The van der Waals surface area contributed by atoms with Crippen LogP contribution in [0.25, 0.3) is 22.3 Å². The van der Waals surface area contributed by atoms with E-state index in [1.807, 2.05) is 60.0 Å². The Kier molecular flexibility index (Phi) is 6.26. The van der Waals surface area contributed by atoms with Crippen LogP contribution in [-0.2, 0) is 0 Å². The zero-order chi connectivity index (χ0) is 22.6. The lowest BCUT2D eigenvalue weighted by atomic mass is 9.90. The number of rotatable bonds is 7. The van der Waals surface area contributed by atoms with Gasteiger partial charge in [-0.2, -0.15) is 0 Å². The molecule has 0 amide bonds. The highest BCUT2D eigenvalue weighted by atomic mass is 32.2. The predicted molar refractivity (Wildman–Crippen MR) is 132 cm³/mol. The lowest BCUT2D eigenvalue weighted by molar-refractivity contribution is 0.221. The maximum Gasteiger partial charge on any atom is 0.192 e. The van der Waals surface area contributed by atoms with Crippen LogP contribution in [0.15, 0.2) is 106 Å². The quantitative estimate of drug-likeness (QED) is 0.241. The fourth-order valence-corrected chi connectivity index (χ4v) is 4.82. The number of furan rings is 1. The summed E-state index contributed by atoms with van der Waals surface area (Å²) in [5.41, 5.74) is 4.34. The summed E-state index contributed by atoms with van der Waals surface area (Å²) in [5.74, 6) is -0.289. The topological polar surface area (TPSA) is 58.3 Å². The van der Waals surface area contributed by atoms with Gasteiger partial charge < -0.3 is 14.2 Å². The van der Waals surface area contributed by atoms with E-state index in [2.05, 4.69) is 9.71 Å². The van der Waals surface area contributed by atoms with Crippen LogP contribution in [0.3, 0.4) is 0 Å². The fraction of sp³-hybridized carbons (Fsp3) is 0.0385. The Labute approximate surface area is 198 Å². The normalized spacial score (nSPS) is 11.9. The van der Waals surface area contributed by atoms with Crippen LogP contribution in [0.1, 0.15) is 17.2 Å². The smallest absolute Gasteiger partial charge is 0.192 e. The molecule has 0 aliphatic heterocycles. The second-order valence-electron chi connectivity index (χ2n) is 7.31. The maximum atomic E-state index is 14.4. The molecule has 7 heteroatoms. The van der Waals surface area contributed by atoms with Crippen LogP contribution in [0, 0.1) is 5.82 Å². The van der Waals surface area contributed by atoms with E-state index in [1.165, 1.54) is 29.4 Å². The number of nitrogens with zero attached hydrogens (tertiary/aromatic N) is 1. The number of benzene rings is 3. The number of aliphatic hydroxyl groups is 1. The first kappa shape index (κ1) is 21.5. The van der Waals surface area contributed by atoms with E-state index in [0.717, 1.165) is 37.8 Å². The molecular weight excluding hydrogens is 455 g/mol. The van der Waals surface area contributed by atoms with Gasteiger partial charge in [0.15, 0.2) is 5.13 Å². The molecular formula is C26H19FN2O2S2. The van der Waals surface area contributed by atoms with Gasteiger partial charge in [-0.1, -0.05) is 42.5 Å². The number of hydrogen-bond donors (Lipinski definition) is 2. The van der Waals surface area contributed by atoms with Gasteiger partial charge in [0.1, 0.15) is 11.9 Å². The van der Waals surface area contributed by atoms with Gasteiger partial charge in [-0.15, -0.1) is 11.3 Å². The Balaban J connectivity index is 1.44. The van der Waals surface area contributed by atoms with Crippen molar-refractivity contribution in [3.63, 3.8) is 0 Å². The van der Waals surface area contributed by atoms with E-state index in [4.69, 9.17) is 4.42 Å². The monoisotopic (exact) mass is 474 g/mol. The predicted octanol–water partition coefficient (Wildman–Crippen LogP) is 7.41. The molecule has 0 spiro atoms. The molecule has 0 radical (unpaired) electrons. The van der Waals surface area contributed by atoms with Crippen molar-refractivity contribution in [3.05, 3.63) is 114 Å². The minimum atomic E-state index is -0.851. The van der Waals surface area contributed by atoms with E-state index in [9.17, 15) is 9.50 Å². The van der Waals surface area contributed by atoms with E-state index < -0.39 is 6.10 Å². The van der Waals surface area contributed by atoms with Gasteiger partial charge >= 0.3 is 0 Å². The Hall–Kier alpha value is -3.39. The first-order valence-electron chi connectivity index (χ1n) is 10.2. The molecule has 2 N–H and O–H groups in total. The molecule has 0 aliphatic carbocycles. The molecule has 164 valence electrons. The van der Waals surface area contributed by atoms with Crippen LogP contribution in [-0.4, -0.2) is 10.1 Å². The van der Waals surface area contributed by atoms with E-state index >= 15 is 0 Å². The average molecular weight is 475 g/mol. The molecule has 2 aromatic heterocycles. The molecule has 1 atom stereocenters. The van der Waals surface area contributed by atoms with Gasteiger partial charge in [0.2, 0.25) is 0 Å². The highest BCUT2D eigenvalue weighted by molar-refractivity contribution is 8.00. The van der Waals surface area contributed by atoms with Crippen LogP contribution in [0.2, 0.25) is 0 Å².